The number of aromatic nitrogens is 2. The average molecular weight is 264 g/mol. The number of aromatic hydroxyl groups is 1. The number of nitrogens with zero attached hydrogens (tertiary/aromatic N) is 1. The van der Waals surface area contributed by atoms with E-state index in [2.05, 4.69) is 41.4 Å². The van der Waals surface area contributed by atoms with E-state index in [-0.39, 0.29) is 5.75 Å². The number of phenols is 1. The molecule has 0 amide bonds. The molecule has 0 saturated carbocycles. The van der Waals surface area contributed by atoms with E-state index in [1.807, 2.05) is 25.1 Å². The SMILES string of the molecule is Cc1ccc(-c2cc(-c3cc(C)ccc3O)n[nH]2)cc1. The highest BCUT2D eigenvalue weighted by Crippen LogP contribution is 2.30. The smallest absolute Gasteiger partial charge is 0.125 e. The molecule has 1 aromatic heterocycles. The van der Waals surface area contributed by atoms with E-state index in [0.29, 0.717) is 0 Å². The zero-order valence-electron chi connectivity index (χ0n) is 11.5. The third kappa shape index (κ3) is 2.30. The molecule has 0 saturated heterocycles. The lowest BCUT2D eigenvalue weighted by molar-refractivity contribution is 0.477. The standard InChI is InChI=1S/C17H16N2O/c1-11-3-6-13(7-4-11)15-10-16(19-18-15)14-9-12(2)5-8-17(14)20/h3-10,20H,1-2H3,(H,18,19). The molecule has 0 radical (unpaired) electrons. The number of benzene rings is 2. The zero-order chi connectivity index (χ0) is 14.1. The van der Waals surface area contributed by atoms with Crippen LogP contribution in [0.4, 0.5) is 0 Å². The molecule has 0 aliphatic heterocycles. The maximum atomic E-state index is 9.95. The first kappa shape index (κ1) is 12.5. The number of H-pyrrole nitrogens is 1. The van der Waals surface area contributed by atoms with Crippen molar-refractivity contribution in [3.63, 3.8) is 0 Å². The number of rotatable bonds is 2. The summed E-state index contributed by atoms with van der Waals surface area (Å²) in [7, 11) is 0. The van der Waals surface area contributed by atoms with Gasteiger partial charge in [-0.2, -0.15) is 5.10 Å². The maximum Gasteiger partial charge on any atom is 0.125 e. The Morgan fingerprint density at radius 3 is 2.35 bits per heavy atom. The van der Waals surface area contributed by atoms with Crippen LogP contribution in [0.1, 0.15) is 11.1 Å². The van der Waals surface area contributed by atoms with Crippen molar-refractivity contribution >= 4 is 0 Å². The first-order chi connectivity index (χ1) is 9.63. The maximum absolute atomic E-state index is 9.95. The van der Waals surface area contributed by atoms with Gasteiger partial charge < -0.3 is 5.11 Å². The fourth-order valence-electron chi connectivity index (χ4n) is 2.20. The van der Waals surface area contributed by atoms with Crippen LogP contribution in [0.25, 0.3) is 22.5 Å². The van der Waals surface area contributed by atoms with Crippen molar-refractivity contribution in [3.05, 3.63) is 59.7 Å². The van der Waals surface area contributed by atoms with E-state index in [1.54, 1.807) is 6.07 Å². The third-order valence-electron chi connectivity index (χ3n) is 3.37. The minimum Gasteiger partial charge on any atom is -0.507 e. The monoisotopic (exact) mass is 264 g/mol. The first-order valence-corrected chi connectivity index (χ1v) is 6.56. The number of aryl methyl sites for hydroxylation is 2. The van der Waals surface area contributed by atoms with E-state index >= 15 is 0 Å². The summed E-state index contributed by atoms with van der Waals surface area (Å²) in [6.45, 7) is 4.06. The van der Waals surface area contributed by atoms with Gasteiger partial charge in [0.25, 0.3) is 0 Å². The second kappa shape index (κ2) is 4.85. The molecule has 2 N–H and O–H groups in total. The molecule has 0 unspecified atom stereocenters. The Morgan fingerprint density at radius 1 is 0.900 bits per heavy atom. The Balaban J connectivity index is 2.01. The van der Waals surface area contributed by atoms with Crippen molar-refractivity contribution in [1.82, 2.24) is 10.2 Å². The Morgan fingerprint density at radius 2 is 1.60 bits per heavy atom. The lowest BCUT2D eigenvalue weighted by Gasteiger charge is -2.01. The van der Waals surface area contributed by atoms with Crippen LogP contribution in [-0.4, -0.2) is 15.3 Å². The summed E-state index contributed by atoms with van der Waals surface area (Å²) in [5.41, 5.74) is 5.85. The number of phenolic OH excluding ortho intramolecular Hbond substituents is 1. The van der Waals surface area contributed by atoms with Crippen molar-refractivity contribution in [3.8, 4) is 28.3 Å². The molecule has 0 fully saturated rings. The second-order valence-electron chi connectivity index (χ2n) is 5.05. The minimum absolute atomic E-state index is 0.248. The fraction of sp³-hybridized carbons (Fsp3) is 0.118. The molecule has 3 rings (SSSR count). The molecule has 3 aromatic rings. The first-order valence-electron chi connectivity index (χ1n) is 6.56. The molecular weight excluding hydrogens is 248 g/mol. The number of nitrogens with one attached hydrogen (secondary N) is 1. The topological polar surface area (TPSA) is 48.9 Å². The third-order valence-corrected chi connectivity index (χ3v) is 3.37. The lowest BCUT2D eigenvalue weighted by Crippen LogP contribution is -1.81. The van der Waals surface area contributed by atoms with Gasteiger partial charge >= 0.3 is 0 Å². The Hall–Kier alpha value is -2.55. The van der Waals surface area contributed by atoms with Crippen molar-refractivity contribution in [1.29, 1.82) is 0 Å². The summed E-state index contributed by atoms with van der Waals surface area (Å²) in [5, 5.41) is 17.3. The van der Waals surface area contributed by atoms with Crippen LogP contribution in [0.2, 0.25) is 0 Å². The summed E-state index contributed by atoms with van der Waals surface area (Å²) in [6.07, 6.45) is 0. The van der Waals surface area contributed by atoms with Crippen molar-refractivity contribution < 1.29 is 5.11 Å². The van der Waals surface area contributed by atoms with Gasteiger partial charge in [0.2, 0.25) is 0 Å². The highest BCUT2D eigenvalue weighted by molar-refractivity contribution is 5.72. The van der Waals surface area contributed by atoms with Crippen LogP contribution in [0.15, 0.2) is 48.5 Å². The molecule has 100 valence electrons. The Labute approximate surface area is 117 Å². The van der Waals surface area contributed by atoms with Gasteiger partial charge in [-0.25, -0.2) is 0 Å². The van der Waals surface area contributed by atoms with Gasteiger partial charge in [0.1, 0.15) is 5.75 Å². The van der Waals surface area contributed by atoms with E-state index < -0.39 is 0 Å². The minimum atomic E-state index is 0.248. The Kier molecular flexibility index (Phi) is 3.03. The predicted octanol–water partition coefficient (Wildman–Crippen LogP) is 4.07. The Bertz CT molecular complexity index is 742. The molecule has 1 heterocycles. The quantitative estimate of drug-likeness (QED) is 0.733. The number of aromatic amines is 1. The van der Waals surface area contributed by atoms with E-state index in [4.69, 9.17) is 0 Å². The van der Waals surface area contributed by atoms with Gasteiger partial charge in [0.15, 0.2) is 0 Å². The van der Waals surface area contributed by atoms with Crippen LogP contribution in [0.3, 0.4) is 0 Å². The molecule has 0 aliphatic rings. The summed E-state index contributed by atoms with van der Waals surface area (Å²) in [4.78, 5) is 0. The van der Waals surface area contributed by atoms with E-state index in [1.165, 1.54) is 5.56 Å². The molecule has 0 bridgehead atoms. The van der Waals surface area contributed by atoms with Crippen LogP contribution < -0.4 is 0 Å². The highest BCUT2D eigenvalue weighted by Gasteiger charge is 2.09. The summed E-state index contributed by atoms with van der Waals surface area (Å²) in [6, 6.07) is 15.7. The summed E-state index contributed by atoms with van der Waals surface area (Å²) >= 11 is 0. The molecule has 0 aliphatic carbocycles. The zero-order valence-corrected chi connectivity index (χ0v) is 11.5. The normalized spacial score (nSPS) is 10.7. The van der Waals surface area contributed by atoms with Crippen molar-refractivity contribution in [2.45, 2.75) is 13.8 Å². The molecule has 2 aromatic carbocycles. The van der Waals surface area contributed by atoms with Crippen LogP contribution in [0, 0.1) is 13.8 Å². The van der Waals surface area contributed by atoms with Gasteiger partial charge in [-0.1, -0.05) is 41.5 Å². The molecule has 0 spiro atoms. The van der Waals surface area contributed by atoms with Crippen LogP contribution in [-0.2, 0) is 0 Å². The van der Waals surface area contributed by atoms with E-state index in [0.717, 1.165) is 28.1 Å². The predicted molar refractivity (Wildman–Crippen MR) is 80.6 cm³/mol. The summed E-state index contributed by atoms with van der Waals surface area (Å²) < 4.78 is 0. The number of hydrogen-bond acceptors (Lipinski definition) is 2. The highest BCUT2D eigenvalue weighted by atomic mass is 16.3. The molecule has 20 heavy (non-hydrogen) atoms. The van der Waals surface area contributed by atoms with Crippen molar-refractivity contribution in [2.24, 2.45) is 0 Å². The fourth-order valence-corrected chi connectivity index (χ4v) is 2.20. The van der Waals surface area contributed by atoms with Gasteiger partial charge in [-0.05, 0) is 37.6 Å². The van der Waals surface area contributed by atoms with Gasteiger partial charge in [0.05, 0.1) is 11.4 Å². The van der Waals surface area contributed by atoms with Crippen LogP contribution in [0.5, 0.6) is 5.75 Å². The van der Waals surface area contributed by atoms with Crippen molar-refractivity contribution in [2.75, 3.05) is 0 Å². The van der Waals surface area contributed by atoms with E-state index in [9.17, 15) is 5.11 Å². The molecule has 3 nitrogen and oxygen atoms in total. The molecule has 0 atom stereocenters. The summed E-state index contributed by atoms with van der Waals surface area (Å²) in [5.74, 6) is 0.248. The molecule has 3 heteroatoms. The second-order valence-corrected chi connectivity index (χ2v) is 5.05. The number of hydrogen-bond donors (Lipinski definition) is 2. The average Bonchev–Trinajstić information content (AvgIpc) is 2.92. The van der Waals surface area contributed by atoms with Gasteiger partial charge in [-0.3, -0.25) is 5.10 Å². The van der Waals surface area contributed by atoms with Crippen LogP contribution >= 0.6 is 0 Å². The van der Waals surface area contributed by atoms with Gasteiger partial charge in [-0.15, -0.1) is 0 Å². The molecular formula is C17H16N2O. The van der Waals surface area contributed by atoms with Gasteiger partial charge in [0, 0.05) is 5.56 Å². The lowest BCUT2D eigenvalue weighted by atomic mass is 10.1. The largest absolute Gasteiger partial charge is 0.507 e.